The predicted molar refractivity (Wildman–Crippen MR) is 105 cm³/mol. The lowest BCUT2D eigenvalue weighted by Crippen LogP contribution is -2.35. The van der Waals surface area contributed by atoms with Gasteiger partial charge in [-0.05, 0) is 43.0 Å². The number of methoxy groups -OCH3 is 1. The van der Waals surface area contributed by atoms with E-state index in [1.165, 1.54) is 32.3 Å². The van der Waals surface area contributed by atoms with Gasteiger partial charge in [0.1, 0.15) is 6.10 Å². The highest BCUT2D eigenvalue weighted by Gasteiger charge is 2.51. The van der Waals surface area contributed by atoms with Gasteiger partial charge in [-0.15, -0.1) is 0 Å². The van der Waals surface area contributed by atoms with Crippen molar-refractivity contribution in [3.63, 3.8) is 0 Å². The van der Waals surface area contributed by atoms with Crippen molar-refractivity contribution in [3.05, 3.63) is 42.0 Å². The van der Waals surface area contributed by atoms with Crippen LogP contribution >= 0.6 is 0 Å². The molecule has 1 aliphatic heterocycles. The molecule has 1 heterocycles. The first kappa shape index (κ1) is 21.6. The van der Waals surface area contributed by atoms with Gasteiger partial charge in [0.2, 0.25) is 0 Å². The first-order valence-corrected chi connectivity index (χ1v) is 9.64. The molecule has 0 spiro atoms. The third-order valence-electron chi connectivity index (χ3n) is 5.22. The van der Waals surface area contributed by atoms with E-state index in [9.17, 15) is 24.6 Å². The number of hydrogen-bond acceptors (Lipinski definition) is 8. The van der Waals surface area contributed by atoms with Crippen molar-refractivity contribution in [2.45, 2.75) is 38.1 Å². The molecular formula is C22H24O8. The summed E-state index contributed by atoms with van der Waals surface area (Å²) >= 11 is 0. The number of carbonyl (C=O) groups excluding carboxylic acids is 3. The van der Waals surface area contributed by atoms with Crippen molar-refractivity contribution >= 4 is 23.8 Å². The molecule has 5 atom stereocenters. The minimum atomic E-state index is -0.970. The van der Waals surface area contributed by atoms with Gasteiger partial charge in [0.25, 0.3) is 0 Å². The number of aromatic hydroxyl groups is 1. The van der Waals surface area contributed by atoms with Crippen LogP contribution in [0.5, 0.6) is 11.5 Å². The smallest absolute Gasteiger partial charge is 0.331 e. The molecule has 2 N–H and O–H groups in total. The monoisotopic (exact) mass is 416 g/mol. The van der Waals surface area contributed by atoms with Crippen molar-refractivity contribution in [2.24, 2.45) is 11.8 Å². The lowest BCUT2D eigenvalue weighted by Gasteiger charge is -2.24. The Morgan fingerprint density at radius 1 is 1.33 bits per heavy atom. The third-order valence-corrected chi connectivity index (χ3v) is 5.22. The SMILES string of the molecule is COc1ccc(C=CC(=O)O[C@@H](C)C(=O)[C@H]2C[C@@H]2[C@H](O)[C@H]2CC=CC(=O)O2)cc1O. The zero-order chi connectivity index (χ0) is 21.8. The van der Waals surface area contributed by atoms with E-state index >= 15 is 0 Å². The summed E-state index contributed by atoms with van der Waals surface area (Å²) in [5, 5.41) is 20.1. The molecular weight excluding hydrogens is 392 g/mol. The summed E-state index contributed by atoms with van der Waals surface area (Å²) in [5.41, 5.74) is 0.561. The van der Waals surface area contributed by atoms with Gasteiger partial charge in [0.15, 0.2) is 23.4 Å². The number of ether oxygens (including phenoxy) is 3. The minimum absolute atomic E-state index is 0.0611. The fourth-order valence-electron chi connectivity index (χ4n) is 3.49. The fraction of sp³-hybridized carbons (Fsp3) is 0.409. The van der Waals surface area contributed by atoms with Crippen LogP contribution in [-0.4, -0.2) is 53.4 Å². The fourth-order valence-corrected chi connectivity index (χ4v) is 3.49. The van der Waals surface area contributed by atoms with E-state index in [1.807, 2.05) is 0 Å². The number of Topliss-reactive ketones (excluding diaryl/α,β-unsaturated/α-hetero) is 1. The second-order valence-electron chi connectivity index (χ2n) is 7.36. The van der Waals surface area contributed by atoms with Crippen LogP contribution in [0.2, 0.25) is 0 Å². The van der Waals surface area contributed by atoms with Crippen LogP contribution in [0.1, 0.15) is 25.3 Å². The summed E-state index contributed by atoms with van der Waals surface area (Å²) in [5.74, 6) is -1.98. The largest absolute Gasteiger partial charge is 0.504 e. The zero-order valence-corrected chi connectivity index (χ0v) is 16.7. The van der Waals surface area contributed by atoms with Gasteiger partial charge in [-0.25, -0.2) is 9.59 Å². The number of benzene rings is 1. The summed E-state index contributed by atoms with van der Waals surface area (Å²) in [6.45, 7) is 1.48. The molecule has 0 aromatic heterocycles. The Bertz CT molecular complexity index is 887. The molecule has 8 heteroatoms. The lowest BCUT2D eigenvalue weighted by atomic mass is 10.0. The molecule has 3 rings (SSSR count). The lowest BCUT2D eigenvalue weighted by molar-refractivity contribution is -0.152. The van der Waals surface area contributed by atoms with Gasteiger partial charge in [-0.3, -0.25) is 4.79 Å². The Labute approximate surface area is 173 Å². The van der Waals surface area contributed by atoms with Crippen LogP contribution in [0.15, 0.2) is 36.4 Å². The van der Waals surface area contributed by atoms with Crippen molar-refractivity contribution in [3.8, 4) is 11.5 Å². The van der Waals surface area contributed by atoms with Crippen molar-refractivity contribution in [1.29, 1.82) is 0 Å². The number of aliphatic hydroxyl groups is 1. The number of phenolic OH excluding ortho intramolecular Hbond substituents is 1. The number of carbonyl (C=O) groups is 3. The maximum Gasteiger partial charge on any atom is 0.331 e. The van der Waals surface area contributed by atoms with Crippen molar-refractivity contribution < 1.29 is 38.8 Å². The summed E-state index contributed by atoms with van der Waals surface area (Å²) in [6.07, 6.45) is 3.86. The Balaban J connectivity index is 1.49. The highest BCUT2D eigenvalue weighted by Crippen LogP contribution is 2.45. The molecule has 1 saturated carbocycles. The maximum absolute atomic E-state index is 12.5. The van der Waals surface area contributed by atoms with Gasteiger partial charge in [0.05, 0.1) is 13.2 Å². The quantitative estimate of drug-likeness (QED) is 0.486. The second kappa shape index (κ2) is 9.13. The molecule has 0 unspecified atom stereocenters. The third kappa shape index (κ3) is 5.07. The van der Waals surface area contributed by atoms with Crippen LogP contribution in [-0.2, 0) is 23.9 Å². The number of aliphatic hydroxyl groups excluding tert-OH is 1. The van der Waals surface area contributed by atoms with E-state index in [2.05, 4.69) is 0 Å². The van der Waals surface area contributed by atoms with E-state index in [0.717, 1.165) is 6.08 Å². The van der Waals surface area contributed by atoms with Gasteiger partial charge >= 0.3 is 11.9 Å². The van der Waals surface area contributed by atoms with Gasteiger partial charge in [-0.1, -0.05) is 12.1 Å². The van der Waals surface area contributed by atoms with Crippen LogP contribution < -0.4 is 4.74 Å². The topological polar surface area (TPSA) is 119 Å². The molecule has 0 radical (unpaired) electrons. The molecule has 0 amide bonds. The number of cyclic esters (lactones) is 1. The Morgan fingerprint density at radius 2 is 2.10 bits per heavy atom. The number of ketones is 1. The molecule has 0 saturated heterocycles. The van der Waals surface area contributed by atoms with E-state index in [4.69, 9.17) is 14.2 Å². The standard InChI is InChI=1S/C22H24O8/c1-12(29-20(25)9-7-13-6-8-17(28-2)16(23)10-13)21(26)14-11-15(14)22(27)18-4-3-5-19(24)30-18/h3,5-10,12,14-15,18,22-23,27H,4,11H2,1-2H3/t12-,14-,15-,18+,22-/m0/s1. The predicted octanol–water partition coefficient (Wildman–Crippen LogP) is 1.78. The summed E-state index contributed by atoms with van der Waals surface area (Å²) in [6, 6.07) is 4.64. The summed E-state index contributed by atoms with van der Waals surface area (Å²) in [4.78, 5) is 35.8. The van der Waals surface area contributed by atoms with E-state index < -0.39 is 36.2 Å². The van der Waals surface area contributed by atoms with E-state index in [0.29, 0.717) is 24.2 Å². The maximum atomic E-state index is 12.5. The molecule has 30 heavy (non-hydrogen) atoms. The first-order chi connectivity index (χ1) is 14.3. The molecule has 160 valence electrons. The van der Waals surface area contributed by atoms with E-state index in [1.54, 1.807) is 18.2 Å². The molecule has 1 aromatic rings. The molecule has 1 aliphatic carbocycles. The first-order valence-electron chi connectivity index (χ1n) is 9.64. The van der Waals surface area contributed by atoms with Crippen LogP contribution in [0, 0.1) is 11.8 Å². The molecule has 1 fully saturated rings. The molecule has 8 nitrogen and oxygen atoms in total. The number of rotatable bonds is 8. The Kier molecular flexibility index (Phi) is 6.56. The van der Waals surface area contributed by atoms with E-state index in [-0.39, 0.29) is 17.5 Å². The normalized spacial score (nSPS) is 24.8. The highest BCUT2D eigenvalue weighted by molar-refractivity contribution is 5.93. The number of esters is 2. The Morgan fingerprint density at radius 3 is 2.77 bits per heavy atom. The van der Waals surface area contributed by atoms with Crippen molar-refractivity contribution in [1.82, 2.24) is 0 Å². The van der Waals surface area contributed by atoms with Crippen LogP contribution in [0.25, 0.3) is 6.08 Å². The van der Waals surface area contributed by atoms with Gasteiger partial charge in [0, 0.05) is 24.5 Å². The zero-order valence-electron chi connectivity index (χ0n) is 16.7. The molecule has 1 aromatic carbocycles. The van der Waals surface area contributed by atoms with Crippen LogP contribution in [0.3, 0.4) is 0 Å². The second-order valence-corrected chi connectivity index (χ2v) is 7.36. The van der Waals surface area contributed by atoms with Crippen molar-refractivity contribution in [2.75, 3.05) is 7.11 Å². The number of hydrogen-bond donors (Lipinski definition) is 2. The van der Waals surface area contributed by atoms with Gasteiger partial charge in [-0.2, -0.15) is 0 Å². The summed E-state index contributed by atoms with van der Waals surface area (Å²) in [7, 11) is 1.43. The van der Waals surface area contributed by atoms with Crippen LogP contribution in [0.4, 0.5) is 0 Å². The minimum Gasteiger partial charge on any atom is -0.504 e. The number of phenols is 1. The summed E-state index contributed by atoms with van der Waals surface area (Å²) < 4.78 is 15.2. The molecule has 0 bridgehead atoms. The average Bonchev–Trinajstić information content (AvgIpc) is 3.52. The highest BCUT2D eigenvalue weighted by atomic mass is 16.6. The Hall–Kier alpha value is -3.13. The van der Waals surface area contributed by atoms with Gasteiger partial charge < -0.3 is 24.4 Å². The average molecular weight is 416 g/mol. The molecule has 2 aliphatic rings.